The number of fused-ring (bicyclic) bond motifs is 1. The first-order valence-corrected chi connectivity index (χ1v) is 9.41. The number of sulfonamides is 1. The molecule has 3 rings (SSSR count). The molecule has 0 amide bonds. The van der Waals surface area contributed by atoms with Crippen LogP contribution in [-0.2, 0) is 16.2 Å². The molecule has 0 spiro atoms. The molecular formula is C16H11ClF3NO6S. The number of carboxylic acids is 1. The van der Waals surface area contributed by atoms with E-state index in [1.165, 1.54) is 0 Å². The summed E-state index contributed by atoms with van der Waals surface area (Å²) < 4.78 is 76.4. The summed E-state index contributed by atoms with van der Waals surface area (Å²) in [6.07, 6.45) is -4.79. The molecule has 0 saturated carbocycles. The molecule has 0 aromatic heterocycles. The average Bonchev–Trinajstić information content (AvgIpc) is 2.59. The molecular weight excluding hydrogens is 427 g/mol. The molecule has 0 atom stereocenters. The molecule has 7 nitrogen and oxygen atoms in total. The summed E-state index contributed by atoms with van der Waals surface area (Å²) in [5.74, 6) is -1.29. The Morgan fingerprint density at radius 2 is 1.71 bits per heavy atom. The van der Waals surface area contributed by atoms with E-state index in [0.717, 1.165) is 18.2 Å². The first-order chi connectivity index (χ1) is 13.0. The second-order valence-corrected chi connectivity index (χ2v) is 7.65. The van der Waals surface area contributed by atoms with Gasteiger partial charge in [0.15, 0.2) is 11.5 Å². The van der Waals surface area contributed by atoms with Crippen LogP contribution >= 0.6 is 11.6 Å². The fourth-order valence-electron chi connectivity index (χ4n) is 2.44. The van der Waals surface area contributed by atoms with Crippen LogP contribution < -0.4 is 14.2 Å². The topological polar surface area (TPSA) is 102 Å². The Kier molecular flexibility index (Phi) is 5.06. The van der Waals surface area contributed by atoms with Crippen LogP contribution in [0, 0.1) is 0 Å². The highest BCUT2D eigenvalue weighted by Gasteiger charge is 2.33. The Bertz CT molecular complexity index is 1060. The predicted molar refractivity (Wildman–Crippen MR) is 91.7 cm³/mol. The van der Waals surface area contributed by atoms with Gasteiger partial charge < -0.3 is 14.6 Å². The van der Waals surface area contributed by atoms with E-state index in [2.05, 4.69) is 0 Å². The number of hydrogen-bond donors (Lipinski definition) is 2. The molecule has 1 heterocycles. The van der Waals surface area contributed by atoms with E-state index >= 15 is 0 Å². The van der Waals surface area contributed by atoms with Crippen LogP contribution in [0.25, 0.3) is 0 Å². The quantitative estimate of drug-likeness (QED) is 0.757. The normalized spacial score (nSPS) is 13.9. The molecule has 2 aromatic carbocycles. The molecule has 0 radical (unpaired) electrons. The molecule has 0 bridgehead atoms. The zero-order chi connectivity index (χ0) is 20.7. The Morgan fingerprint density at radius 3 is 2.29 bits per heavy atom. The Hall–Kier alpha value is -2.66. The van der Waals surface area contributed by atoms with Crippen molar-refractivity contribution in [3.8, 4) is 11.5 Å². The molecule has 12 heteroatoms. The number of carbonyl (C=O) groups is 1. The number of alkyl halides is 3. The lowest BCUT2D eigenvalue weighted by molar-refractivity contribution is -0.137. The van der Waals surface area contributed by atoms with E-state index in [1.807, 2.05) is 4.72 Å². The molecule has 0 saturated heterocycles. The number of hydrogen-bond acceptors (Lipinski definition) is 5. The van der Waals surface area contributed by atoms with Gasteiger partial charge in [0, 0.05) is 12.1 Å². The third-order valence-corrected chi connectivity index (χ3v) is 5.55. The highest BCUT2D eigenvalue weighted by Crippen LogP contribution is 2.38. The molecule has 1 aliphatic heterocycles. The molecule has 2 N–H and O–H groups in total. The van der Waals surface area contributed by atoms with Crippen molar-refractivity contribution in [2.75, 3.05) is 17.9 Å². The molecule has 0 fully saturated rings. The van der Waals surface area contributed by atoms with Crippen LogP contribution in [0.1, 0.15) is 15.9 Å². The third kappa shape index (κ3) is 3.94. The van der Waals surface area contributed by atoms with Gasteiger partial charge in [-0.15, -0.1) is 0 Å². The summed E-state index contributed by atoms with van der Waals surface area (Å²) in [5.41, 5.74) is -2.11. The summed E-state index contributed by atoms with van der Waals surface area (Å²) in [4.78, 5) is 10.6. The Morgan fingerprint density at radius 1 is 1.11 bits per heavy atom. The fraction of sp³-hybridized carbons (Fsp3) is 0.188. The molecule has 0 unspecified atom stereocenters. The van der Waals surface area contributed by atoms with E-state index < -0.39 is 48.9 Å². The first-order valence-electron chi connectivity index (χ1n) is 7.55. The van der Waals surface area contributed by atoms with Crippen molar-refractivity contribution in [3.63, 3.8) is 0 Å². The Labute approximate surface area is 161 Å². The lowest BCUT2D eigenvalue weighted by Crippen LogP contribution is -2.19. The number of carboxylic acid groups (broad SMARTS) is 1. The van der Waals surface area contributed by atoms with Crippen molar-refractivity contribution in [2.45, 2.75) is 11.1 Å². The van der Waals surface area contributed by atoms with Crippen LogP contribution in [-0.4, -0.2) is 32.7 Å². The van der Waals surface area contributed by atoms with Gasteiger partial charge in [0.25, 0.3) is 10.0 Å². The lowest BCUT2D eigenvalue weighted by Gasteiger charge is -2.21. The number of anilines is 1. The highest BCUT2D eigenvalue weighted by atomic mass is 35.5. The lowest BCUT2D eigenvalue weighted by atomic mass is 10.1. The smallest absolute Gasteiger partial charge is 0.416 e. The van der Waals surface area contributed by atoms with Crippen molar-refractivity contribution < 1.29 is 41.0 Å². The standard InChI is InChI=1S/C16H11ClF3NO6S/c17-10-2-1-8(16(18,19)20)5-14(10)28(24,25)21-11-7-13-12(26-3-4-27-13)6-9(11)15(22)23/h1-2,5-7,21H,3-4H2,(H,22,23). The van der Waals surface area contributed by atoms with E-state index in [-0.39, 0.29) is 24.7 Å². The van der Waals surface area contributed by atoms with Crippen LogP contribution in [0.5, 0.6) is 11.5 Å². The summed E-state index contributed by atoms with van der Waals surface area (Å²) in [6.45, 7) is 0.335. The number of ether oxygens (including phenoxy) is 2. The van der Waals surface area contributed by atoms with Gasteiger partial charge in [-0.1, -0.05) is 11.6 Å². The van der Waals surface area contributed by atoms with E-state index in [9.17, 15) is 31.5 Å². The molecule has 0 aliphatic carbocycles. The van der Waals surface area contributed by atoms with Crippen LogP contribution in [0.15, 0.2) is 35.2 Å². The maximum absolute atomic E-state index is 12.9. The van der Waals surface area contributed by atoms with Gasteiger partial charge in [-0.25, -0.2) is 13.2 Å². The van der Waals surface area contributed by atoms with Gasteiger partial charge in [0.1, 0.15) is 18.1 Å². The minimum Gasteiger partial charge on any atom is -0.486 e. The summed E-state index contributed by atoms with van der Waals surface area (Å²) in [5, 5.41) is 8.87. The number of rotatable bonds is 4. The van der Waals surface area contributed by atoms with Gasteiger partial charge in [-0.3, -0.25) is 4.72 Å². The highest BCUT2D eigenvalue weighted by molar-refractivity contribution is 7.92. The van der Waals surface area contributed by atoms with Crippen molar-refractivity contribution >= 4 is 33.3 Å². The molecule has 150 valence electrons. The number of nitrogens with one attached hydrogen (secondary N) is 1. The first kappa shape index (κ1) is 20.1. The van der Waals surface area contributed by atoms with Gasteiger partial charge in [-0.05, 0) is 18.2 Å². The van der Waals surface area contributed by atoms with Gasteiger partial charge in [0.05, 0.1) is 21.8 Å². The van der Waals surface area contributed by atoms with E-state index in [0.29, 0.717) is 12.1 Å². The molecule has 2 aromatic rings. The fourth-order valence-corrected chi connectivity index (χ4v) is 4.03. The molecule has 28 heavy (non-hydrogen) atoms. The minimum absolute atomic E-state index is 0.0871. The maximum Gasteiger partial charge on any atom is 0.416 e. The monoisotopic (exact) mass is 437 g/mol. The second-order valence-electron chi connectivity index (χ2n) is 5.60. The van der Waals surface area contributed by atoms with Gasteiger partial charge >= 0.3 is 12.1 Å². The minimum atomic E-state index is -4.79. The van der Waals surface area contributed by atoms with Gasteiger partial charge in [0.2, 0.25) is 0 Å². The zero-order valence-corrected chi connectivity index (χ0v) is 15.3. The van der Waals surface area contributed by atoms with Crippen LogP contribution in [0.3, 0.4) is 0 Å². The second kappa shape index (κ2) is 7.06. The average molecular weight is 438 g/mol. The number of halogens is 4. The maximum atomic E-state index is 12.9. The van der Waals surface area contributed by atoms with Crippen molar-refractivity contribution in [3.05, 3.63) is 46.5 Å². The van der Waals surface area contributed by atoms with E-state index in [4.69, 9.17) is 21.1 Å². The van der Waals surface area contributed by atoms with Crippen molar-refractivity contribution in [1.29, 1.82) is 0 Å². The largest absolute Gasteiger partial charge is 0.486 e. The number of aromatic carboxylic acids is 1. The number of benzene rings is 2. The van der Waals surface area contributed by atoms with Crippen LogP contribution in [0.2, 0.25) is 5.02 Å². The Balaban J connectivity index is 2.07. The summed E-state index contributed by atoms with van der Waals surface area (Å²) in [7, 11) is -4.65. The van der Waals surface area contributed by atoms with E-state index in [1.54, 1.807) is 0 Å². The molecule has 1 aliphatic rings. The zero-order valence-electron chi connectivity index (χ0n) is 13.7. The third-order valence-electron chi connectivity index (χ3n) is 3.71. The van der Waals surface area contributed by atoms with Crippen LogP contribution in [0.4, 0.5) is 18.9 Å². The SMILES string of the molecule is O=C(O)c1cc2c(cc1NS(=O)(=O)c1cc(C(F)(F)F)ccc1Cl)OCCO2. The summed E-state index contributed by atoms with van der Waals surface area (Å²) >= 11 is 5.77. The predicted octanol–water partition coefficient (Wildman–Crippen LogP) is 3.63. The van der Waals surface area contributed by atoms with Crippen molar-refractivity contribution in [2.24, 2.45) is 0 Å². The van der Waals surface area contributed by atoms with Gasteiger partial charge in [-0.2, -0.15) is 13.2 Å². The van der Waals surface area contributed by atoms with Crippen molar-refractivity contribution in [1.82, 2.24) is 0 Å². The summed E-state index contributed by atoms with van der Waals surface area (Å²) in [6, 6.07) is 3.93.